The van der Waals surface area contributed by atoms with E-state index in [1.807, 2.05) is 106 Å². The number of H-pyrrole nitrogens is 2. The van der Waals surface area contributed by atoms with Crippen molar-refractivity contribution < 1.29 is 123 Å². The van der Waals surface area contributed by atoms with E-state index < -0.39 is 78.7 Å². The van der Waals surface area contributed by atoms with Crippen LogP contribution in [0, 0.1) is 33.6 Å². The third-order valence-corrected chi connectivity index (χ3v) is 23.8. The normalized spacial score (nSPS) is 14.1. The van der Waals surface area contributed by atoms with E-state index in [0.29, 0.717) is 125 Å². The summed E-state index contributed by atoms with van der Waals surface area (Å²) in [6, 6.07) is 43.0. The van der Waals surface area contributed by atoms with Gasteiger partial charge >= 0.3 is 76.8 Å². The van der Waals surface area contributed by atoms with E-state index in [-0.39, 0.29) is 64.5 Å². The molecule has 6 atom stereocenters. The van der Waals surface area contributed by atoms with Crippen molar-refractivity contribution in [3.05, 3.63) is 265 Å². The number of nitrogens with one attached hydrogen (secondary N) is 4. The number of aliphatic imine (C=N–C) groups is 1. The fourth-order valence-corrected chi connectivity index (χ4v) is 16.7. The average molecular weight is 1940 g/mol. The number of aromatic carboxylic acids is 4. The molecule has 5 aromatic carbocycles. The molecule has 14 N–H and O–H groups in total. The molecule has 12 heterocycles. The van der Waals surface area contributed by atoms with Gasteiger partial charge in [-0.1, -0.05) is 86.6 Å². The Hall–Kier alpha value is -13.7. The van der Waals surface area contributed by atoms with E-state index in [1.165, 1.54) is 70.1 Å². The number of carbonyl (C=O) groups excluding carboxylic acids is 2. The molecule has 0 saturated carbocycles. The van der Waals surface area contributed by atoms with Gasteiger partial charge in [0.15, 0.2) is 6.04 Å². The van der Waals surface area contributed by atoms with Gasteiger partial charge in [0.2, 0.25) is 0 Å². The molecule has 6 aromatic heterocycles. The number of aliphatic hydroxyl groups excluding tert-OH is 4. The quantitative estimate of drug-likeness (QED) is 0.0180. The molecule has 6 unspecified atom stereocenters. The Bertz CT molecular complexity index is 6690. The van der Waals surface area contributed by atoms with Gasteiger partial charge in [0.25, 0.3) is 5.91 Å². The van der Waals surface area contributed by atoms with E-state index in [2.05, 4.69) is 101 Å². The number of imide groups is 1. The molecule has 694 valence electrons. The molecule has 0 spiro atoms. The Kier molecular flexibility index (Phi) is 31.0. The number of aliphatic carboxylic acids is 2. The number of carbonyl (C=O) groups is 8. The molecule has 6 aliphatic heterocycles. The molecular weight excluding hydrogens is 1850 g/mol. The number of aliphatic hydroxyl groups is 4. The van der Waals surface area contributed by atoms with Gasteiger partial charge in [-0.25, -0.2) is 43.9 Å². The van der Waals surface area contributed by atoms with Gasteiger partial charge in [-0.05, 0) is 277 Å². The molecule has 11 aromatic rings. The average Bonchev–Trinajstić information content (AvgIpc) is 1.76. The molecule has 16 bridgehead atoms. The monoisotopic (exact) mass is 1940 g/mol. The molecule has 34 heteroatoms. The summed E-state index contributed by atoms with van der Waals surface area (Å²) in [5, 5.41) is 102. The first-order chi connectivity index (χ1) is 64.2. The maximum atomic E-state index is 12.2. The zero-order valence-electron chi connectivity index (χ0n) is 74.4. The van der Waals surface area contributed by atoms with E-state index in [4.69, 9.17) is 36.0 Å². The third-order valence-electron chi connectivity index (χ3n) is 23.8. The van der Waals surface area contributed by atoms with Crippen LogP contribution >= 0.6 is 18.5 Å². The second-order valence-electron chi connectivity index (χ2n) is 32.0. The number of aryl methyl sites for hydroxylation is 6. The second kappa shape index (κ2) is 42.4. The number of β-amino-alcohol motifs (C(OH)–C–C–N with tert-alkyl or cyclic N) is 1. The molecule has 0 fully saturated rings. The first-order valence-corrected chi connectivity index (χ1v) is 43.5. The van der Waals surface area contributed by atoms with Crippen molar-refractivity contribution in [1.82, 2.24) is 45.2 Å². The number of fused-ring (bicyclic) bond motifs is 18. The number of aromatic amines is 2. The number of benzene rings is 5. The van der Waals surface area contributed by atoms with Crippen molar-refractivity contribution in [2.24, 2.45) is 4.99 Å². The number of allylic oxidation sites excluding steroid dienone is 4. The summed E-state index contributed by atoms with van der Waals surface area (Å²) in [6.45, 7) is 15.4. The number of nitrogens with zero attached hydrogens (tertiary/aromatic N) is 8. The van der Waals surface area contributed by atoms with Crippen LogP contribution in [0.1, 0.15) is 174 Å². The topological polar surface area (TPSA) is 490 Å². The fourth-order valence-electron chi connectivity index (χ4n) is 16.7. The molecule has 0 saturated heterocycles. The molecule has 3 amide bonds. The van der Waals surface area contributed by atoms with Crippen molar-refractivity contribution in [1.29, 1.82) is 0.954 Å². The van der Waals surface area contributed by atoms with Gasteiger partial charge in [0, 0.05) is 34.9 Å². The van der Waals surface area contributed by atoms with Crippen LogP contribution in [0.15, 0.2) is 163 Å². The number of hydrogen-bond acceptors (Lipinski definition) is 18. The van der Waals surface area contributed by atoms with E-state index in [0.717, 1.165) is 85.3 Å². The van der Waals surface area contributed by atoms with Crippen LogP contribution in [0.25, 0.3) is 135 Å². The third kappa shape index (κ3) is 21.0. The van der Waals surface area contributed by atoms with E-state index in [1.54, 1.807) is 48.5 Å². The predicted molar refractivity (Wildman–Crippen MR) is 516 cm³/mol. The van der Waals surface area contributed by atoms with E-state index in [9.17, 15) is 84.3 Å². The number of amidine groups is 1. The van der Waals surface area contributed by atoms with Gasteiger partial charge in [0.1, 0.15) is 24.1 Å². The standard InChI is InChI=1S/C48H30N4O8.C34H38N4O4.C17H22N4O6.CH5P2.2Cu.H/c53-45(54)29-9-1-25(2-10-29)41-33-17-19-35(49-33)42(26-3-11-30(12-4-26)46(55)56)37-21-23-39(51-37)44(28-7-15-32(16-8-28)48(59)60)40-24-22-38(52-40)43(36-20-18-34(41)50-36)27-5-13-31(14-6-27)47(57)58;1-7-21-17(3)25-13-26-19(5)23(9-11-33(39)40)31(37-26)16-32-24(10-12-34(41)42)20(6)28(38-32)15-30-22(8-2)18(4)27(36-30)14-29(21)35-25;1-7-3-9-10(4-8(7)2)21(5-11(23)14(25)12(24)6-22)15-13(18-9)16(26)20-17(27)19-15;2-1-3;;;/h1-24H,(H6,49,50,51,52,53,54,55,56,57,58,59,60);13-16,35-36H,7-12H2,1-6H3,(H,39,40)(H,41,42);3-4,11-14,18,22-25H,5-6H2,1-2H3,(H,20,26,27);1H,2-3H2;;;/q;;;-1;+1;+2;/p-2/i;;;;;;1+2. The first kappa shape index (κ1) is 97.8. The summed E-state index contributed by atoms with van der Waals surface area (Å²) in [5.74, 6) is -4.70. The molecule has 1 radical (unpaired) electrons. The van der Waals surface area contributed by atoms with Crippen LogP contribution in [0.3, 0.4) is 0 Å². The maximum Gasteiger partial charge on any atom is 2.00 e. The number of hydrogen-bond donors (Lipinski definition) is 14. The Morgan fingerprint density at radius 3 is 1.19 bits per heavy atom. The maximum absolute atomic E-state index is 12.2. The second-order valence-corrected chi connectivity index (χ2v) is 33.5. The zero-order chi connectivity index (χ0) is 96.5. The molecule has 0 aliphatic carbocycles. The summed E-state index contributed by atoms with van der Waals surface area (Å²) in [7, 11) is 4.83. The minimum Gasteiger partial charge on any atom is 2.00 e. The predicted octanol–water partition coefficient (Wildman–Crippen LogP) is 16.2. The number of anilines is 2. The van der Waals surface area contributed by atoms with Crippen molar-refractivity contribution >= 4 is 174 Å². The van der Waals surface area contributed by atoms with Crippen molar-refractivity contribution in [3.63, 3.8) is 0 Å². The van der Waals surface area contributed by atoms with Crippen LogP contribution in [0.2, 0.25) is 0 Å². The van der Waals surface area contributed by atoms with Gasteiger partial charge in [-0.15, -0.1) is 22.1 Å². The largest absolute Gasteiger partial charge is 2.00 e. The van der Waals surface area contributed by atoms with Gasteiger partial charge in [-0.3, -0.25) is 44.1 Å². The number of carboxylic acid groups (broad SMARTS) is 6. The fraction of sp³-hybridized carbons (Fsp3) is 0.200. The number of rotatable bonds is 21. The number of urea groups is 1. The Morgan fingerprint density at radius 2 is 0.836 bits per heavy atom. The van der Waals surface area contributed by atoms with Gasteiger partial charge < -0.3 is 81.2 Å². The van der Waals surface area contributed by atoms with Crippen molar-refractivity contribution in [3.8, 4) is 44.5 Å². The Morgan fingerprint density at radius 1 is 0.485 bits per heavy atom. The van der Waals surface area contributed by atoms with Gasteiger partial charge in [-0.2, -0.15) is 4.99 Å². The minimum atomic E-state index is -1.62. The Labute approximate surface area is 794 Å². The van der Waals surface area contributed by atoms with Crippen molar-refractivity contribution in [2.75, 3.05) is 23.4 Å². The zero-order valence-corrected chi connectivity index (χ0v) is 77.6. The number of carboxylic acids is 6. The summed E-state index contributed by atoms with van der Waals surface area (Å²) in [5.41, 5.74) is 28.0. The minimum absolute atomic E-state index is 0. The summed E-state index contributed by atoms with van der Waals surface area (Å²) < 4.78 is 5.31. The molecule has 6 aliphatic rings. The number of amides is 3. The smallest absolute Gasteiger partial charge is 2.00 e. The van der Waals surface area contributed by atoms with Crippen LogP contribution in [0.5, 0.6) is 0 Å². The van der Waals surface area contributed by atoms with Crippen molar-refractivity contribution in [2.45, 2.75) is 118 Å². The summed E-state index contributed by atoms with van der Waals surface area (Å²) >= 11 is 3.44. The molecular formula is C100H94Cu2N12O18P2. The molecule has 30 nitrogen and oxygen atoms in total. The van der Waals surface area contributed by atoms with Gasteiger partial charge in [0.05, 0.1) is 92.3 Å². The molecule has 134 heavy (non-hydrogen) atoms. The first-order valence-electron chi connectivity index (χ1n) is 42.5. The van der Waals surface area contributed by atoms with E-state index >= 15 is 0 Å². The Balaban J connectivity index is 0.000000190. The summed E-state index contributed by atoms with van der Waals surface area (Å²) in [4.78, 5) is 137. The van der Waals surface area contributed by atoms with Crippen LogP contribution < -0.4 is 25.5 Å². The molecule has 17 rings (SSSR count). The van der Waals surface area contributed by atoms with Crippen LogP contribution in [0.4, 0.5) is 16.2 Å². The summed E-state index contributed by atoms with van der Waals surface area (Å²) in [6.07, 6.45) is 5.08. The number of aromatic nitrogens is 8. The SMILES string of the molecule is CCc1c(C)c2cc3[nH]c(cc4nc(cc5nc(cc1[nH]2)C(C)=C5CCC(=O)O)C(CCC(=O)O)=C4C)c(C)c3CC.Cc1cc2c(cc1C)N(CC(O)C(O)C(O)CO)C1=NC(=O)NC(=O)C1N2.O=C(O)c1ccc(-c2c3nc(c(-c4ccc(C(=O)O)cc4)c4ccc([n-]4)c(-c4ccc(C(=O)O)cc4)c4nc(c(-c5ccc(C(=O)O)cc5)c5ccc2[n-]5)C=C4)C=C3)cc1.P[CH-]P.[3H][Cu+].[Cu+2]. The van der Waals surface area contributed by atoms with Crippen LogP contribution in [-0.2, 0) is 61.2 Å². The van der Waals surface area contributed by atoms with Crippen LogP contribution in [-0.4, -0.2) is 173 Å².